The lowest BCUT2D eigenvalue weighted by Crippen LogP contribution is -2.37. The molecule has 0 aromatic heterocycles. The summed E-state index contributed by atoms with van der Waals surface area (Å²) in [6.07, 6.45) is 3.04. The highest BCUT2D eigenvalue weighted by Gasteiger charge is 2.33. The van der Waals surface area contributed by atoms with Gasteiger partial charge in [0.05, 0.1) is 0 Å². The van der Waals surface area contributed by atoms with Crippen molar-refractivity contribution in [2.75, 3.05) is 26.2 Å². The van der Waals surface area contributed by atoms with Gasteiger partial charge in [0.15, 0.2) is 0 Å². The minimum absolute atomic E-state index is 0.121. The van der Waals surface area contributed by atoms with E-state index in [-0.39, 0.29) is 5.91 Å². The van der Waals surface area contributed by atoms with Gasteiger partial charge in [0, 0.05) is 39.0 Å². The summed E-state index contributed by atoms with van der Waals surface area (Å²) in [7, 11) is 0. The summed E-state index contributed by atoms with van der Waals surface area (Å²) >= 11 is 0. The first-order valence-corrected chi connectivity index (χ1v) is 5.73. The standard InChI is InChI=1S/C11H18N2O2/c1-9(14)12-5-2-6-13(8-7-12)11(15)10-3-4-10/h10H,2-8H2,1H3. The smallest absolute Gasteiger partial charge is 0.225 e. The van der Waals surface area contributed by atoms with Crippen LogP contribution < -0.4 is 0 Å². The van der Waals surface area contributed by atoms with Crippen molar-refractivity contribution in [3.05, 3.63) is 0 Å². The molecule has 2 aliphatic rings. The Morgan fingerprint density at radius 2 is 1.60 bits per heavy atom. The Hall–Kier alpha value is -1.06. The van der Waals surface area contributed by atoms with E-state index >= 15 is 0 Å². The lowest BCUT2D eigenvalue weighted by molar-refractivity contribution is -0.133. The third-order valence-corrected chi connectivity index (χ3v) is 3.18. The van der Waals surface area contributed by atoms with Crippen molar-refractivity contribution in [3.63, 3.8) is 0 Å². The van der Waals surface area contributed by atoms with Crippen LogP contribution in [0.15, 0.2) is 0 Å². The fraction of sp³-hybridized carbons (Fsp3) is 0.818. The van der Waals surface area contributed by atoms with Crippen LogP contribution in [0.25, 0.3) is 0 Å². The second-order valence-electron chi connectivity index (χ2n) is 4.46. The molecule has 2 rings (SSSR count). The Bertz CT molecular complexity index is 274. The molecule has 0 bridgehead atoms. The van der Waals surface area contributed by atoms with Crippen LogP contribution in [0.2, 0.25) is 0 Å². The molecule has 0 atom stereocenters. The van der Waals surface area contributed by atoms with Gasteiger partial charge < -0.3 is 9.80 Å². The molecule has 2 amide bonds. The summed E-state index contributed by atoms with van der Waals surface area (Å²) in [5.41, 5.74) is 0. The van der Waals surface area contributed by atoms with Crippen LogP contribution in [-0.2, 0) is 9.59 Å². The first-order chi connectivity index (χ1) is 7.18. The highest BCUT2D eigenvalue weighted by Crippen LogP contribution is 2.31. The maximum Gasteiger partial charge on any atom is 0.225 e. The number of carbonyl (C=O) groups excluding carboxylic acids is 2. The molecule has 1 aliphatic carbocycles. The second-order valence-corrected chi connectivity index (χ2v) is 4.46. The molecular formula is C11H18N2O2. The van der Waals surface area contributed by atoms with E-state index in [1.807, 2.05) is 9.80 Å². The summed E-state index contributed by atoms with van der Waals surface area (Å²) < 4.78 is 0. The normalized spacial score (nSPS) is 22.5. The molecule has 1 heterocycles. The minimum Gasteiger partial charge on any atom is -0.341 e. The van der Waals surface area contributed by atoms with Gasteiger partial charge in [-0.25, -0.2) is 0 Å². The van der Waals surface area contributed by atoms with Crippen LogP contribution in [0.5, 0.6) is 0 Å². The van der Waals surface area contributed by atoms with Crippen molar-refractivity contribution in [3.8, 4) is 0 Å². The zero-order chi connectivity index (χ0) is 10.8. The van der Waals surface area contributed by atoms with E-state index in [2.05, 4.69) is 0 Å². The zero-order valence-electron chi connectivity index (χ0n) is 9.24. The van der Waals surface area contributed by atoms with Gasteiger partial charge in [-0.2, -0.15) is 0 Å². The van der Waals surface area contributed by atoms with Crippen LogP contribution in [0.1, 0.15) is 26.2 Å². The van der Waals surface area contributed by atoms with Gasteiger partial charge in [-0.1, -0.05) is 0 Å². The van der Waals surface area contributed by atoms with E-state index in [1.54, 1.807) is 6.92 Å². The maximum absolute atomic E-state index is 11.8. The number of hydrogen-bond acceptors (Lipinski definition) is 2. The van der Waals surface area contributed by atoms with E-state index < -0.39 is 0 Å². The molecule has 0 radical (unpaired) electrons. The van der Waals surface area contributed by atoms with Crippen molar-refractivity contribution in [2.45, 2.75) is 26.2 Å². The minimum atomic E-state index is 0.121. The molecule has 0 aromatic carbocycles. The topological polar surface area (TPSA) is 40.6 Å². The largest absolute Gasteiger partial charge is 0.341 e. The quantitative estimate of drug-likeness (QED) is 0.631. The Labute approximate surface area is 90.2 Å². The number of hydrogen-bond donors (Lipinski definition) is 0. The van der Waals surface area contributed by atoms with Crippen molar-refractivity contribution in [1.82, 2.24) is 9.80 Å². The van der Waals surface area contributed by atoms with Gasteiger partial charge in [-0.05, 0) is 19.3 Å². The van der Waals surface area contributed by atoms with Crippen molar-refractivity contribution in [1.29, 1.82) is 0 Å². The molecule has 1 saturated heterocycles. The lowest BCUT2D eigenvalue weighted by Gasteiger charge is -2.21. The molecule has 4 nitrogen and oxygen atoms in total. The highest BCUT2D eigenvalue weighted by atomic mass is 16.2. The number of nitrogens with zero attached hydrogens (tertiary/aromatic N) is 2. The predicted octanol–water partition coefficient (Wildman–Crippen LogP) is 0.477. The Morgan fingerprint density at radius 3 is 2.20 bits per heavy atom. The maximum atomic E-state index is 11.8. The Kier molecular flexibility index (Phi) is 2.93. The number of amides is 2. The molecule has 84 valence electrons. The zero-order valence-corrected chi connectivity index (χ0v) is 9.24. The van der Waals surface area contributed by atoms with E-state index in [1.165, 1.54) is 0 Å². The average molecular weight is 210 g/mol. The first kappa shape index (κ1) is 10.5. The SMILES string of the molecule is CC(=O)N1CCCN(C(=O)C2CC2)CC1. The molecule has 0 unspecified atom stereocenters. The number of rotatable bonds is 1. The summed E-state index contributed by atoms with van der Waals surface area (Å²) in [4.78, 5) is 26.8. The van der Waals surface area contributed by atoms with Crippen LogP contribution in [0.3, 0.4) is 0 Å². The fourth-order valence-corrected chi connectivity index (χ4v) is 2.04. The molecule has 15 heavy (non-hydrogen) atoms. The summed E-state index contributed by atoms with van der Waals surface area (Å²) in [5, 5.41) is 0. The molecule has 1 saturated carbocycles. The predicted molar refractivity (Wildman–Crippen MR) is 56.2 cm³/mol. The van der Waals surface area contributed by atoms with Gasteiger partial charge in [0.2, 0.25) is 11.8 Å². The van der Waals surface area contributed by atoms with Gasteiger partial charge in [-0.3, -0.25) is 9.59 Å². The van der Waals surface area contributed by atoms with Crippen LogP contribution >= 0.6 is 0 Å². The summed E-state index contributed by atoms with van der Waals surface area (Å²) in [6.45, 7) is 4.63. The molecule has 0 aromatic rings. The van der Waals surface area contributed by atoms with Crippen molar-refractivity contribution in [2.24, 2.45) is 5.92 Å². The fourth-order valence-electron chi connectivity index (χ4n) is 2.04. The number of carbonyl (C=O) groups is 2. The molecule has 2 fully saturated rings. The van der Waals surface area contributed by atoms with Crippen molar-refractivity contribution < 1.29 is 9.59 Å². The van der Waals surface area contributed by atoms with Gasteiger partial charge in [-0.15, -0.1) is 0 Å². The second kappa shape index (κ2) is 4.21. The van der Waals surface area contributed by atoms with Gasteiger partial charge >= 0.3 is 0 Å². The molecule has 1 aliphatic heterocycles. The van der Waals surface area contributed by atoms with Crippen LogP contribution in [0, 0.1) is 5.92 Å². The molecule has 0 spiro atoms. The third-order valence-electron chi connectivity index (χ3n) is 3.18. The van der Waals surface area contributed by atoms with Gasteiger partial charge in [0.25, 0.3) is 0 Å². The van der Waals surface area contributed by atoms with Gasteiger partial charge in [0.1, 0.15) is 0 Å². The third kappa shape index (κ3) is 2.49. The Morgan fingerprint density at radius 1 is 1.00 bits per heavy atom. The van der Waals surface area contributed by atoms with Crippen LogP contribution in [0.4, 0.5) is 0 Å². The van der Waals surface area contributed by atoms with Crippen LogP contribution in [-0.4, -0.2) is 47.8 Å². The average Bonchev–Trinajstić information content (AvgIpc) is 3.04. The highest BCUT2D eigenvalue weighted by molar-refractivity contribution is 5.81. The molecular weight excluding hydrogens is 192 g/mol. The van der Waals surface area contributed by atoms with E-state index in [9.17, 15) is 9.59 Å². The Balaban J connectivity index is 1.88. The van der Waals surface area contributed by atoms with Crippen molar-refractivity contribution >= 4 is 11.8 Å². The van der Waals surface area contributed by atoms with E-state index in [0.717, 1.165) is 38.9 Å². The molecule has 4 heteroatoms. The van der Waals surface area contributed by atoms with E-state index in [0.29, 0.717) is 18.4 Å². The lowest BCUT2D eigenvalue weighted by atomic mass is 10.3. The molecule has 0 N–H and O–H groups in total. The summed E-state index contributed by atoms with van der Waals surface area (Å²) in [6, 6.07) is 0. The van der Waals surface area contributed by atoms with E-state index in [4.69, 9.17) is 0 Å². The summed E-state index contributed by atoms with van der Waals surface area (Å²) in [5.74, 6) is 0.727. The monoisotopic (exact) mass is 210 g/mol. The first-order valence-electron chi connectivity index (χ1n) is 5.73.